The fourth-order valence-corrected chi connectivity index (χ4v) is 3.52. The molecule has 0 aliphatic carbocycles. The first-order valence-corrected chi connectivity index (χ1v) is 9.47. The summed E-state index contributed by atoms with van der Waals surface area (Å²) in [6.07, 6.45) is 0.941. The number of benzene rings is 2. The minimum absolute atomic E-state index is 0.00669. The second-order valence-electron chi connectivity index (χ2n) is 7.24. The predicted octanol–water partition coefficient (Wildman–Crippen LogP) is 4.55. The molecule has 1 aromatic heterocycles. The van der Waals surface area contributed by atoms with E-state index < -0.39 is 40.7 Å². The summed E-state index contributed by atoms with van der Waals surface area (Å²) in [7, 11) is 0. The maximum absolute atomic E-state index is 13.8. The van der Waals surface area contributed by atoms with E-state index >= 15 is 0 Å². The zero-order valence-electron chi connectivity index (χ0n) is 16.4. The highest BCUT2D eigenvalue weighted by atomic mass is 19.2. The van der Waals surface area contributed by atoms with E-state index in [0.717, 1.165) is 36.6 Å². The van der Waals surface area contributed by atoms with Crippen LogP contribution in [0.25, 0.3) is 0 Å². The lowest BCUT2D eigenvalue weighted by Gasteiger charge is -2.29. The van der Waals surface area contributed by atoms with E-state index in [0.29, 0.717) is 6.54 Å². The number of fused-ring (bicyclic) bond motifs is 1. The van der Waals surface area contributed by atoms with Gasteiger partial charge in [-0.25, -0.2) is 26.6 Å². The standard InChI is InChI=1S/C21H17F5N4O/c1-11-9-14-29(7-2-8-30(14)28-11)10-12-3-5-13(6-4-12)21(31)27-20-18(25)16(23)15(22)17(24)19(20)26/h3-6,9H,2,7-8,10H2,1H3,(H,27,31). The number of amides is 1. The second kappa shape index (κ2) is 8.01. The fraction of sp³-hybridized carbons (Fsp3) is 0.238. The molecule has 162 valence electrons. The number of aryl methyl sites for hydroxylation is 2. The van der Waals surface area contributed by atoms with Crippen molar-refractivity contribution < 1.29 is 26.7 Å². The van der Waals surface area contributed by atoms with Crippen LogP contribution in [0, 0.1) is 36.0 Å². The zero-order valence-corrected chi connectivity index (χ0v) is 16.4. The first kappa shape index (κ1) is 20.8. The van der Waals surface area contributed by atoms with Gasteiger partial charge in [0.05, 0.1) is 5.69 Å². The SMILES string of the molecule is Cc1cc2n(n1)CCCN2Cc1ccc(C(=O)Nc2c(F)c(F)c(F)c(F)c2F)cc1. The number of hydrogen-bond acceptors (Lipinski definition) is 3. The van der Waals surface area contributed by atoms with Crippen molar-refractivity contribution in [3.05, 3.63) is 76.2 Å². The predicted molar refractivity (Wildman–Crippen MR) is 103 cm³/mol. The average Bonchev–Trinajstić information content (AvgIpc) is 3.15. The topological polar surface area (TPSA) is 50.2 Å². The van der Waals surface area contributed by atoms with E-state index in [9.17, 15) is 26.7 Å². The third-order valence-corrected chi connectivity index (χ3v) is 5.04. The number of carbonyl (C=O) groups excluding carboxylic acids is 1. The van der Waals surface area contributed by atoms with Crippen LogP contribution in [-0.4, -0.2) is 22.2 Å². The molecule has 1 amide bonds. The Kier molecular flexibility index (Phi) is 5.38. The number of nitrogens with one attached hydrogen (secondary N) is 1. The number of hydrogen-bond donors (Lipinski definition) is 1. The minimum atomic E-state index is -2.29. The Bertz CT molecular complexity index is 1130. The summed E-state index contributed by atoms with van der Waals surface area (Å²) in [5, 5.41) is 6.20. The summed E-state index contributed by atoms with van der Waals surface area (Å²) in [6.45, 7) is 4.16. The molecule has 0 unspecified atom stereocenters. The van der Waals surface area contributed by atoms with Crippen LogP contribution < -0.4 is 10.2 Å². The third kappa shape index (κ3) is 3.85. The molecular weight excluding hydrogens is 419 g/mol. The Hall–Kier alpha value is -3.43. The molecule has 3 aromatic rings. The highest BCUT2D eigenvalue weighted by molar-refractivity contribution is 6.04. The maximum atomic E-state index is 13.8. The Morgan fingerprint density at radius 2 is 1.58 bits per heavy atom. The molecule has 2 heterocycles. The quantitative estimate of drug-likeness (QED) is 0.371. The molecule has 0 spiro atoms. The lowest BCUT2D eigenvalue weighted by atomic mass is 10.1. The van der Waals surface area contributed by atoms with Gasteiger partial charge in [0.25, 0.3) is 5.91 Å². The van der Waals surface area contributed by atoms with E-state index in [2.05, 4.69) is 10.00 Å². The highest BCUT2D eigenvalue weighted by Gasteiger charge is 2.27. The average molecular weight is 436 g/mol. The summed E-state index contributed by atoms with van der Waals surface area (Å²) in [5.74, 6) is -10.7. The number of nitrogens with zero attached hydrogens (tertiary/aromatic N) is 3. The molecule has 1 aliphatic rings. The molecule has 4 rings (SSSR count). The minimum Gasteiger partial charge on any atom is -0.352 e. The molecule has 0 saturated heterocycles. The second-order valence-corrected chi connectivity index (χ2v) is 7.24. The first-order valence-electron chi connectivity index (χ1n) is 9.47. The van der Waals surface area contributed by atoms with Gasteiger partial charge < -0.3 is 10.2 Å². The fourth-order valence-electron chi connectivity index (χ4n) is 3.52. The summed E-state index contributed by atoms with van der Waals surface area (Å²) >= 11 is 0. The number of aromatic nitrogens is 2. The number of rotatable bonds is 4. The van der Waals surface area contributed by atoms with E-state index in [-0.39, 0.29) is 5.56 Å². The number of carbonyl (C=O) groups is 1. The molecule has 0 saturated carbocycles. The van der Waals surface area contributed by atoms with Gasteiger partial charge in [0.15, 0.2) is 23.3 Å². The van der Waals surface area contributed by atoms with Gasteiger partial charge in [0, 0.05) is 31.3 Å². The van der Waals surface area contributed by atoms with Crippen molar-refractivity contribution in [3.63, 3.8) is 0 Å². The van der Waals surface area contributed by atoms with Crippen molar-refractivity contribution in [3.8, 4) is 0 Å². The number of halogens is 5. The van der Waals surface area contributed by atoms with E-state index in [4.69, 9.17) is 0 Å². The van der Waals surface area contributed by atoms with Crippen molar-refractivity contribution in [1.82, 2.24) is 9.78 Å². The summed E-state index contributed by atoms with van der Waals surface area (Å²) in [4.78, 5) is 14.4. The Labute approximate surface area is 174 Å². The van der Waals surface area contributed by atoms with Crippen molar-refractivity contribution in [1.29, 1.82) is 0 Å². The third-order valence-electron chi connectivity index (χ3n) is 5.04. The van der Waals surface area contributed by atoms with Gasteiger partial charge in [-0.15, -0.1) is 0 Å². The van der Waals surface area contributed by atoms with Gasteiger partial charge in [-0.2, -0.15) is 5.10 Å². The van der Waals surface area contributed by atoms with Crippen LogP contribution in [-0.2, 0) is 13.1 Å². The zero-order chi connectivity index (χ0) is 22.3. The summed E-state index contributed by atoms with van der Waals surface area (Å²) in [5.41, 5.74) is 0.414. The monoisotopic (exact) mass is 436 g/mol. The molecule has 0 bridgehead atoms. The largest absolute Gasteiger partial charge is 0.352 e. The number of anilines is 2. The van der Waals surface area contributed by atoms with Crippen LogP contribution in [0.15, 0.2) is 30.3 Å². The van der Waals surface area contributed by atoms with Gasteiger partial charge in [-0.1, -0.05) is 12.1 Å². The Balaban J connectivity index is 1.50. The van der Waals surface area contributed by atoms with Crippen LogP contribution in [0.5, 0.6) is 0 Å². The van der Waals surface area contributed by atoms with E-state index in [1.54, 1.807) is 17.4 Å². The molecule has 0 radical (unpaired) electrons. The molecule has 0 atom stereocenters. The van der Waals surface area contributed by atoms with Gasteiger partial charge in [-0.3, -0.25) is 4.79 Å². The smallest absolute Gasteiger partial charge is 0.255 e. The van der Waals surface area contributed by atoms with Gasteiger partial charge in [0.2, 0.25) is 5.82 Å². The molecule has 1 aliphatic heterocycles. The van der Waals surface area contributed by atoms with Gasteiger partial charge in [-0.05, 0) is 31.0 Å². The van der Waals surface area contributed by atoms with Crippen molar-refractivity contribution >= 4 is 17.4 Å². The van der Waals surface area contributed by atoms with Crippen LogP contribution in [0.2, 0.25) is 0 Å². The van der Waals surface area contributed by atoms with E-state index in [1.807, 2.05) is 17.7 Å². The van der Waals surface area contributed by atoms with Gasteiger partial charge in [0.1, 0.15) is 11.5 Å². The molecule has 5 nitrogen and oxygen atoms in total. The lowest BCUT2D eigenvalue weighted by molar-refractivity contribution is 0.102. The van der Waals surface area contributed by atoms with Crippen molar-refractivity contribution in [2.45, 2.75) is 26.4 Å². The van der Waals surface area contributed by atoms with Crippen molar-refractivity contribution in [2.75, 3.05) is 16.8 Å². The highest BCUT2D eigenvalue weighted by Crippen LogP contribution is 2.28. The van der Waals surface area contributed by atoms with Crippen LogP contribution in [0.4, 0.5) is 33.5 Å². The van der Waals surface area contributed by atoms with E-state index in [1.165, 1.54) is 12.1 Å². The van der Waals surface area contributed by atoms with Crippen LogP contribution in [0.3, 0.4) is 0 Å². The molecule has 31 heavy (non-hydrogen) atoms. The Morgan fingerprint density at radius 1 is 0.968 bits per heavy atom. The van der Waals surface area contributed by atoms with Crippen LogP contribution >= 0.6 is 0 Å². The Morgan fingerprint density at radius 3 is 2.23 bits per heavy atom. The molecule has 1 N–H and O–H groups in total. The lowest BCUT2D eigenvalue weighted by Crippen LogP contribution is -2.31. The van der Waals surface area contributed by atoms with Crippen LogP contribution in [0.1, 0.15) is 28.0 Å². The summed E-state index contributed by atoms with van der Waals surface area (Å²) < 4.78 is 69.3. The molecule has 10 heteroatoms. The summed E-state index contributed by atoms with van der Waals surface area (Å²) in [6, 6.07) is 8.16. The maximum Gasteiger partial charge on any atom is 0.255 e. The first-order chi connectivity index (χ1) is 14.8. The molecular formula is C21H17F5N4O. The molecule has 0 fully saturated rings. The van der Waals surface area contributed by atoms with Gasteiger partial charge >= 0.3 is 0 Å². The molecule has 2 aromatic carbocycles. The van der Waals surface area contributed by atoms with Crippen molar-refractivity contribution in [2.24, 2.45) is 0 Å². The normalized spacial score (nSPS) is 13.3.